The lowest BCUT2D eigenvalue weighted by atomic mass is 10.1. The van der Waals surface area contributed by atoms with E-state index >= 15 is 0 Å². The summed E-state index contributed by atoms with van der Waals surface area (Å²) in [5, 5.41) is 2.39. The fraction of sp³-hybridized carbons (Fsp3) is 0.588. The fourth-order valence-electron chi connectivity index (χ4n) is 2.69. The van der Waals surface area contributed by atoms with E-state index in [4.69, 9.17) is 0 Å². The summed E-state index contributed by atoms with van der Waals surface area (Å²) in [5.41, 5.74) is -0.274. The largest absolute Gasteiger partial charge is 0.350 e. The molecule has 6 heteroatoms. The molecule has 1 aromatic carbocycles. The number of likely N-dealkylation sites (N-methyl/N-ethyl adjacent to an activating group) is 1. The molecule has 0 radical (unpaired) electrons. The van der Waals surface area contributed by atoms with Crippen molar-refractivity contribution in [3.05, 3.63) is 35.9 Å². The van der Waals surface area contributed by atoms with E-state index in [2.05, 4.69) is 22.2 Å². The second-order valence-electron chi connectivity index (χ2n) is 6.36. The number of benzene rings is 1. The molecule has 1 atom stereocenters. The van der Waals surface area contributed by atoms with Crippen LogP contribution in [0.2, 0.25) is 0 Å². The van der Waals surface area contributed by atoms with Crippen LogP contribution >= 0.6 is 0 Å². The Morgan fingerprint density at radius 3 is 2.43 bits per heavy atom. The molecule has 0 unspecified atom stereocenters. The van der Waals surface area contributed by atoms with Gasteiger partial charge in [-0.05, 0) is 13.0 Å². The first kappa shape index (κ1) is 17.8. The van der Waals surface area contributed by atoms with Gasteiger partial charge in [-0.25, -0.2) is 0 Å². The fourth-order valence-corrected chi connectivity index (χ4v) is 2.69. The predicted octanol–water partition coefficient (Wildman–Crippen LogP) is 1.78. The standard InChI is InChI=1S/C17H25F2N3O/c1-14(13-22-10-8-21(2)9-11-22)12-20-16(23)17(18,19)15-6-4-3-5-7-15/h3-7,14H,8-13H2,1-2H3,(H,20,23)/t14-/m0/s1. The molecule has 1 aromatic rings. The number of alkyl halides is 2. The van der Waals surface area contributed by atoms with Gasteiger partial charge >= 0.3 is 5.92 Å². The van der Waals surface area contributed by atoms with E-state index in [1.807, 2.05) is 6.92 Å². The smallest absolute Gasteiger partial charge is 0.349 e. The molecule has 1 N–H and O–H groups in total. The van der Waals surface area contributed by atoms with E-state index in [-0.39, 0.29) is 18.0 Å². The minimum atomic E-state index is -3.49. The van der Waals surface area contributed by atoms with Crippen molar-refractivity contribution in [3.63, 3.8) is 0 Å². The van der Waals surface area contributed by atoms with Crippen LogP contribution in [-0.2, 0) is 10.7 Å². The van der Waals surface area contributed by atoms with Crippen molar-refractivity contribution in [2.24, 2.45) is 5.92 Å². The van der Waals surface area contributed by atoms with Crippen molar-refractivity contribution in [1.29, 1.82) is 0 Å². The summed E-state index contributed by atoms with van der Waals surface area (Å²) in [7, 11) is 2.09. The van der Waals surface area contributed by atoms with Gasteiger partial charge in [0.05, 0.1) is 0 Å². The number of halogens is 2. The molecule has 4 nitrogen and oxygen atoms in total. The number of carbonyl (C=O) groups excluding carboxylic acids is 1. The molecular weight excluding hydrogens is 300 g/mol. The van der Waals surface area contributed by atoms with Crippen LogP contribution in [0.5, 0.6) is 0 Å². The lowest BCUT2D eigenvalue weighted by Gasteiger charge is -2.34. The highest BCUT2D eigenvalue weighted by atomic mass is 19.3. The number of amides is 1. The van der Waals surface area contributed by atoms with Gasteiger partial charge in [0.15, 0.2) is 0 Å². The van der Waals surface area contributed by atoms with E-state index in [0.717, 1.165) is 32.7 Å². The molecule has 1 saturated heterocycles. The second-order valence-corrected chi connectivity index (χ2v) is 6.36. The van der Waals surface area contributed by atoms with Crippen LogP contribution in [0.3, 0.4) is 0 Å². The molecule has 0 aromatic heterocycles. The summed E-state index contributed by atoms with van der Waals surface area (Å²) in [6.45, 7) is 7.04. The Kier molecular flexibility index (Phi) is 6.07. The minimum Gasteiger partial charge on any atom is -0.350 e. The Morgan fingerprint density at radius 2 is 1.83 bits per heavy atom. The van der Waals surface area contributed by atoms with Gasteiger partial charge in [-0.1, -0.05) is 37.3 Å². The van der Waals surface area contributed by atoms with Crippen molar-refractivity contribution in [2.75, 3.05) is 46.3 Å². The maximum Gasteiger partial charge on any atom is 0.349 e. The zero-order valence-corrected chi connectivity index (χ0v) is 13.8. The normalized spacial score (nSPS) is 18.6. The summed E-state index contributed by atoms with van der Waals surface area (Å²) >= 11 is 0. The zero-order valence-electron chi connectivity index (χ0n) is 13.8. The first-order chi connectivity index (χ1) is 10.9. The molecule has 1 fully saturated rings. The van der Waals surface area contributed by atoms with Crippen molar-refractivity contribution < 1.29 is 13.6 Å². The van der Waals surface area contributed by atoms with Gasteiger partial charge in [0.1, 0.15) is 0 Å². The van der Waals surface area contributed by atoms with Gasteiger partial charge in [0.2, 0.25) is 0 Å². The number of nitrogens with one attached hydrogen (secondary N) is 1. The topological polar surface area (TPSA) is 35.6 Å². The Bertz CT molecular complexity index is 502. The van der Waals surface area contributed by atoms with Gasteiger partial charge in [0.25, 0.3) is 5.91 Å². The van der Waals surface area contributed by atoms with Crippen molar-refractivity contribution in [2.45, 2.75) is 12.8 Å². The van der Waals surface area contributed by atoms with Gasteiger partial charge in [-0.15, -0.1) is 0 Å². The highest BCUT2D eigenvalue weighted by Gasteiger charge is 2.40. The third-order valence-electron chi connectivity index (χ3n) is 4.20. The van der Waals surface area contributed by atoms with Gasteiger partial charge in [0, 0.05) is 44.8 Å². The van der Waals surface area contributed by atoms with Crippen molar-refractivity contribution in [3.8, 4) is 0 Å². The second kappa shape index (κ2) is 7.84. The summed E-state index contributed by atoms with van der Waals surface area (Å²) < 4.78 is 28.1. The summed E-state index contributed by atoms with van der Waals surface area (Å²) in [6.07, 6.45) is 0. The van der Waals surface area contributed by atoms with Crippen molar-refractivity contribution in [1.82, 2.24) is 15.1 Å². The van der Waals surface area contributed by atoms with Gasteiger partial charge in [-0.2, -0.15) is 8.78 Å². The molecule has 1 heterocycles. The molecular formula is C17H25F2N3O. The number of rotatable bonds is 6. The average Bonchev–Trinajstić information content (AvgIpc) is 2.55. The van der Waals surface area contributed by atoms with Crippen LogP contribution in [0.4, 0.5) is 8.78 Å². The highest BCUT2D eigenvalue weighted by Crippen LogP contribution is 2.27. The first-order valence-electron chi connectivity index (χ1n) is 8.02. The number of nitrogens with zero attached hydrogens (tertiary/aromatic N) is 2. The summed E-state index contributed by atoms with van der Waals surface area (Å²) in [4.78, 5) is 16.4. The Labute approximate surface area is 136 Å². The van der Waals surface area contributed by atoms with Crippen molar-refractivity contribution >= 4 is 5.91 Å². The van der Waals surface area contributed by atoms with Crippen LogP contribution in [0.1, 0.15) is 12.5 Å². The van der Waals surface area contributed by atoms with Crippen LogP contribution in [0.25, 0.3) is 0 Å². The number of hydrogen-bond acceptors (Lipinski definition) is 3. The van der Waals surface area contributed by atoms with E-state index in [1.165, 1.54) is 24.3 Å². The molecule has 128 valence electrons. The minimum absolute atomic E-state index is 0.133. The summed E-state index contributed by atoms with van der Waals surface area (Å²) in [5.74, 6) is -4.59. The highest BCUT2D eigenvalue weighted by molar-refractivity contribution is 5.84. The van der Waals surface area contributed by atoms with E-state index in [9.17, 15) is 13.6 Å². The van der Waals surface area contributed by atoms with E-state index < -0.39 is 11.8 Å². The predicted molar refractivity (Wildman–Crippen MR) is 86.4 cm³/mol. The SMILES string of the molecule is C[C@@H](CNC(=O)C(F)(F)c1ccccc1)CN1CCN(C)CC1. The van der Waals surface area contributed by atoms with E-state index in [0.29, 0.717) is 0 Å². The molecule has 1 amide bonds. The molecule has 0 bridgehead atoms. The third-order valence-corrected chi connectivity index (χ3v) is 4.20. The molecule has 1 aliphatic heterocycles. The average molecular weight is 325 g/mol. The number of hydrogen-bond donors (Lipinski definition) is 1. The molecule has 1 aliphatic rings. The van der Waals surface area contributed by atoms with Gasteiger partial charge < -0.3 is 15.1 Å². The Balaban J connectivity index is 1.79. The first-order valence-corrected chi connectivity index (χ1v) is 8.02. The number of carbonyl (C=O) groups is 1. The third kappa shape index (κ3) is 4.97. The lowest BCUT2D eigenvalue weighted by molar-refractivity contribution is -0.147. The van der Waals surface area contributed by atoms with Crippen LogP contribution in [-0.4, -0.2) is 62.0 Å². The summed E-state index contributed by atoms with van der Waals surface area (Å²) in [6, 6.07) is 7.20. The van der Waals surface area contributed by atoms with Crippen LogP contribution in [0.15, 0.2) is 30.3 Å². The monoisotopic (exact) mass is 325 g/mol. The molecule has 0 saturated carbocycles. The molecule has 0 spiro atoms. The maximum atomic E-state index is 14.1. The lowest BCUT2D eigenvalue weighted by Crippen LogP contribution is -2.47. The zero-order chi connectivity index (χ0) is 16.9. The maximum absolute atomic E-state index is 14.1. The molecule has 2 rings (SSSR count). The van der Waals surface area contributed by atoms with Crippen LogP contribution < -0.4 is 5.32 Å². The Hall–Kier alpha value is -1.53. The van der Waals surface area contributed by atoms with E-state index in [1.54, 1.807) is 6.07 Å². The number of piperazine rings is 1. The molecule has 0 aliphatic carbocycles. The van der Waals surface area contributed by atoms with Gasteiger partial charge in [-0.3, -0.25) is 4.79 Å². The quantitative estimate of drug-likeness (QED) is 0.866. The Morgan fingerprint density at radius 1 is 1.22 bits per heavy atom. The van der Waals surface area contributed by atoms with Crippen LogP contribution in [0, 0.1) is 5.92 Å². The molecule has 23 heavy (non-hydrogen) atoms.